The monoisotopic (exact) mass is 442 g/mol. The summed E-state index contributed by atoms with van der Waals surface area (Å²) in [5.74, 6) is 0.332. The van der Waals surface area contributed by atoms with Gasteiger partial charge in [-0.25, -0.2) is 14.2 Å². The van der Waals surface area contributed by atoms with E-state index in [2.05, 4.69) is 26.8 Å². The highest BCUT2D eigenvalue weighted by Crippen LogP contribution is 2.25. The van der Waals surface area contributed by atoms with Crippen LogP contribution in [-0.4, -0.2) is 33.1 Å². The second-order valence-electron chi connectivity index (χ2n) is 7.03. The Morgan fingerprint density at radius 3 is 1.94 bits per heavy atom. The van der Waals surface area contributed by atoms with Gasteiger partial charge in [0.25, 0.3) is 0 Å². The molecular weight excluding hydrogens is 423 g/mol. The van der Waals surface area contributed by atoms with Gasteiger partial charge in [-0.05, 0) is 66.2 Å². The van der Waals surface area contributed by atoms with E-state index in [0.717, 1.165) is 5.56 Å². The van der Waals surface area contributed by atoms with Gasteiger partial charge in [0, 0.05) is 16.8 Å². The Morgan fingerprint density at radius 2 is 1.42 bits per heavy atom. The molecule has 164 valence electrons. The molecule has 0 aliphatic heterocycles. The first-order valence-electron chi connectivity index (χ1n) is 9.89. The van der Waals surface area contributed by atoms with Crippen molar-refractivity contribution < 1.29 is 19.0 Å². The molecule has 0 saturated carbocycles. The van der Waals surface area contributed by atoms with Gasteiger partial charge in [0.15, 0.2) is 11.6 Å². The molecule has 0 fully saturated rings. The molecule has 4 aromatic rings. The van der Waals surface area contributed by atoms with Gasteiger partial charge in [0.05, 0.1) is 12.7 Å². The van der Waals surface area contributed by atoms with Crippen LogP contribution in [0, 0.1) is 5.82 Å². The fourth-order valence-corrected chi connectivity index (χ4v) is 3.04. The Balaban J connectivity index is 1.71. The van der Waals surface area contributed by atoms with Gasteiger partial charge >= 0.3 is 5.97 Å². The maximum absolute atomic E-state index is 13.4. The second kappa shape index (κ2) is 9.27. The SMILES string of the molecule is C=C(C(=O)O)c1ccc(Nc2nc(-c3ccc(F)cc3)nc(-c3ccc(OC)cc3)n2)cc1. The predicted molar refractivity (Wildman–Crippen MR) is 124 cm³/mol. The second-order valence-corrected chi connectivity index (χ2v) is 7.03. The van der Waals surface area contributed by atoms with Crippen LogP contribution in [0.15, 0.2) is 79.4 Å². The van der Waals surface area contributed by atoms with Crippen molar-refractivity contribution in [3.05, 3.63) is 90.8 Å². The molecule has 33 heavy (non-hydrogen) atoms. The van der Waals surface area contributed by atoms with Crippen molar-refractivity contribution in [1.82, 2.24) is 15.0 Å². The van der Waals surface area contributed by atoms with Gasteiger partial charge < -0.3 is 15.2 Å². The summed E-state index contributed by atoms with van der Waals surface area (Å²) in [4.78, 5) is 24.7. The molecule has 0 spiro atoms. The van der Waals surface area contributed by atoms with Crippen molar-refractivity contribution in [1.29, 1.82) is 0 Å². The van der Waals surface area contributed by atoms with Crippen molar-refractivity contribution in [2.24, 2.45) is 0 Å². The van der Waals surface area contributed by atoms with Crippen LogP contribution in [0.1, 0.15) is 5.56 Å². The van der Waals surface area contributed by atoms with Crippen LogP contribution in [0.4, 0.5) is 16.0 Å². The number of benzene rings is 3. The first-order valence-corrected chi connectivity index (χ1v) is 9.89. The molecule has 0 bridgehead atoms. The lowest BCUT2D eigenvalue weighted by Gasteiger charge is -2.10. The number of carboxylic acid groups (broad SMARTS) is 1. The number of hydrogen-bond donors (Lipinski definition) is 2. The lowest BCUT2D eigenvalue weighted by Crippen LogP contribution is -2.04. The van der Waals surface area contributed by atoms with E-state index < -0.39 is 5.97 Å². The van der Waals surface area contributed by atoms with Gasteiger partial charge in [-0.3, -0.25) is 0 Å². The zero-order valence-electron chi connectivity index (χ0n) is 17.6. The minimum absolute atomic E-state index is 0.00194. The van der Waals surface area contributed by atoms with Crippen LogP contribution >= 0.6 is 0 Å². The number of aliphatic carboxylic acids is 1. The van der Waals surface area contributed by atoms with Crippen molar-refractivity contribution in [2.75, 3.05) is 12.4 Å². The van der Waals surface area contributed by atoms with E-state index in [1.165, 1.54) is 12.1 Å². The Bertz CT molecular complexity index is 1310. The fourth-order valence-electron chi connectivity index (χ4n) is 3.04. The normalized spacial score (nSPS) is 10.5. The standard InChI is InChI=1S/C25H19FN4O3/c1-15(24(31)32)16-5-11-20(12-6-16)27-25-29-22(17-3-9-19(26)10-4-17)28-23(30-25)18-7-13-21(33-2)14-8-18/h3-14H,1H2,2H3,(H,31,32)(H,27,28,29,30). The van der Waals surface area contributed by atoms with Crippen LogP contribution in [0.2, 0.25) is 0 Å². The molecule has 0 saturated heterocycles. The van der Waals surface area contributed by atoms with Crippen LogP contribution in [0.25, 0.3) is 28.3 Å². The average Bonchev–Trinajstić information content (AvgIpc) is 2.84. The summed E-state index contributed by atoms with van der Waals surface area (Å²) < 4.78 is 18.6. The number of nitrogens with zero attached hydrogens (tertiary/aromatic N) is 3. The van der Waals surface area contributed by atoms with Crippen LogP contribution < -0.4 is 10.1 Å². The average molecular weight is 442 g/mol. The summed E-state index contributed by atoms with van der Waals surface area (Å²) in [6, 6.07) is 19.8. The van der Waals surface area contributed by atoms with Crippen LogP contribution in [0.3, 0.4) is 0 Å². The third kappa shape index (κ3) is 5.01. The van der Waals surface area contributed by atoms with E-state index in [0.29, 0.717) is 34.2 Å². The first-order chi connectivity index (χ1) is 15.9. The molecular formula is C25H19FN4O3. The Kier molecular flexibility index (Phi) is 6.08. The minimum atomic E-state index is -1.08. The lowest BCUT2D eigenvalue weighted by atomic mass is 10.1. The fraction of sp³-hybridized carbons (Fsp3) is 0.0400. The zero-order valence-corrected chi connectivity index (χ0v) is 17.6. The molecule has 8 heteroatoms. The number of methoxy groups -OCH3 is 1. The van der Waals surface area contributed by atoms with E-state index in [1.807, 2.05) is 12.1 Å². The highest BCUT2D eigenvalue weighted by Gasteiger charge is 2.12. The molecule has 0 aliphatic carbocycles. The molecule has 7 nitrogen and oxygen atoms in total. The number of carbonyl (C=O) groups is 1. The number of ether oxygens (including phenoxy) is 1. The van der Waals surface area contributed by atoms with Gasteiger partial charge in [-0.2, -0.15) is 9.97 Å². The summed E-state index contributed by atoms with van der Waals surface area (Å²) in [5.41, 5.74) is 2.52. The largest absolute Gasteiger partial charge is 0.497 e. The zero-order chi connectivity index (χ0) is 23.4. The number of aromatic nitrogens is 3. The van der Waals surface area contributed by atoms with E-state index in [-0.39, 0.29) is 17.3 Å². The highest BCUT2D eigenvalue weighted by molar-refractivity contribution is 6.14. The molecule has 0 atom stereocenters. The Morgan fingerprint density at radius 1 is 0.879 bits per heavy atom. The molecule has 0 unspecified atom stereocenters. The summed E-state index contributed by atoms with van der Waals surface area (Å²) >= 11 is 0. The molecule has 4 rings (SSSR count). The Hall–Kier alpha value is -4.59. The number of rotatable bonds is 7. The smallest absolute Gasteiger partial charge is 0.335 e. The quantitative estimate of drug-likeness (QED) is 0.380. The molecule has 2 N–H and O–H groups in total. The summed E-state index contributed by atoms with van der Waals surface area (Å²) in [6.45, 7) is 3.56. The van der Waals surface area contributed by atoms with Crippen molar-refractivity contribution in [2.45, 2.75) is 0 Å². The first kappa shape index (κ1) is 21.6. The van der Waals surface area contributed by atoms with E-state index in [4.69, 9.17) is 9.84 Å². The number of anilines is 2. The third-order valence-electron chi connectivity index (χ3n) is 4.83. The lowest BCUT2D eigenvalue weighted by molar-refractivity contribution is -0.130. The predicted octanol–water partition coefficient (Wildman–Crippen LogP) is 5.19. The van der Waals surface area contributed by atoms with E-state index in [1.54, 1.807) is 55.6 Å². The summed E-state index contributed by atoms with van der Waals surface area (Å²) in [7, 11) is 1.59. The Labute approximate surface area is 189 Å². The van der Waals surface area contributed by atoms with Crippen molar-refractivity contribution >= 4 is 23.2 Å². The van der Waals surface area contributed by atoms with Gasteiger partial charge in [0.1, 0.15) is 11.6 Å². The summed E-state index contributed by atoms with van der Waals surface area (Å²) in [5, 5.41) is 12.2. The van der Waals surface area contributed by atoms with E-state index >= 15 is 0 Å². The van der Waals surface area contributed by atoms with Crippen LogP contribution in [-0.2, 0) is 4.79 Å². The van der Waals surface area contributed by atoms with Crippen molar-refractivity contribution in [3.63, 3.8) is 0 Å². The topological polar surface area (TPSA) is 97.2 Å². The van der Waals surface area contributed by atoms with Gasteiger partial charge in [-0.15, -0.1) is 0 Å². The number of hydrogen-bond acceptors (Lipinski definition) is 6. The molecule has 0 amide bonds. The molecule has 1 heterocycles. The highest BCUT2D eigenvalue weighted by atomic mass is 19.1. The number of nitrogens with one attached hydrogen (secondary N) is 1. The molecule has 1 aromatic heterocycles. The number of carboxylic acids is 1. The number of halogens is 1. The van der Waals surface area contributed by atoms with Crippen LogP contribution in [0.5, 0.6) is 5.75 Å². The van der Waals surface area contributed by atoms with E-state index in [9.17, 15) is 9.18 Å². The maximum Gasteiger partial charge on any atom is 0.335 e. The minimum Gasteiger partial charge on any atom is -0.497 e. The van der Waals surface area contributed by atoms with Gasteiger partial charge in [-0.1, -0.05) is 18.7 Å². The molecule has 0 radical (unpaired) electrons. The van der Waals surface area contributed by atoms with Crippen molar-refractivity contribution in [3.8, 4) is 28.5 Å². The maximum atomic E-state index is 13.4. The third-order valence-corrected chi connectivity index (χ3v) is 4.83. The molecule has 0 aliphatic rings. The molecule has 3 aromatic carbocycles. The van der Waals surface area contributed by atoms with Gasteiger partial charge in [0.2, 0.25) is 5.95 Å². The summed E-state index contributed by atoms with van der Waals surface area (Å²) in [6.07, 6.45) is 0.